The lowest BCUT2D eigenvalue weighted by Gasteiger charge is -2.25. The number of carbonyl (C=O) groups is 2. The second kappa shape index (κ2) is 10.2. The Bertz CT molecular complexity index is 1220. The number of H-pyrrole nitrogens is 1. The van der Waals surface area contributed by atoms with Gasteiger partial charge in [-0.1, -0.05) is 30.9 Å². The monoisotopic (exact) mass is 462 g/mol. The molecule has 2 N–H and O–H groups in total. The van der Waals surface area contributed by atoms with E-state index < -0.39 is 23.5 Å². The van der Waals surface area contributed by atoms with Crippen LogP contribution in [0.2, 0.25) is 0 Å². The molecule has 0 spiro atoms. The van der Waals surface area contributed by atoms with Gasteiger partial charge in [0.15, 0.2) is 0 Å². The van der Waals surface area contributed by atoms with E-state index in [-0.39, 0.29) is 23.4 Å². The smallest absolute Gasteiger partial charge is 0.295 e. The third kappa shape index (κ3) is 4.61. The van der Waals surface area contributed by atoms with Gasteiger partial charge in [0.2, 0.25) is 6.33 Å². The first kappa shape index (κ1) is 23.0. The molecule has 2 heterocycles. The van der Waals surface area contributed by atoms with Crippen molar-refractivity contribution in [1.29, 1.82) is 0 Å². The van der Waals surface area contributed by atoms with Gasteiger partial charge >= 0.3 is 0 Å². The number of likely N-dealkylation sites (tertiary alicyclic amines) is 1. The fourth-order valence-corrected chi connectivity index (χ4v) is 4.03. The summed E-state index contributed by atoms with van der Waals surface area (Å²) in [4.78, 5) is 30.3. The van der Waals surface area contributed by atoms with Crippen molar-refractivity contribution in [1.82, 2.24) is 9.88 Å². The van der Waals surface area contributed by atoms with Crippen molar-refractivity contribution in [2.24, 2.45) is 0 Å². The minimum atomic E-state index is -1.03. The molecule has 1 unspecified atom stereocenters. The standard InChI is InChI=1S/C26H24FN3O4/c1-2-16-34-19-10-8-18(9-11-19)24(31)22-23(20-6-3-4-7-21(20)27)30(26(33)25(22)32)14-5-13-29-15-12-28-17-29/h2-4,6-12,15,17,23H,1,5,13-14,16H2,(H,31,32)/p+1. The number of aromatic nitrogens is 2. The number of benzene rings is 2. The van der Waals surface area contributed by atoms with Crippen molar-refractivity contribution in [3.05, 3.63) is 102 Å². The molecule has 0 bridgehead atoms. The quantitative estimate of drug-likeness (QED) is 0.168. The van der Waals surface area contributed by atoms with E-state index in [0.29, 0.717) is 30.9 Å². The zero-order valence-electron chi connectivity index (χ0n) is 18.5. The summed E-state index contributed by atoms with van der Waals surface area (Å²) in [5, 5.41) is 11.1. The lowest BCUT2D eigenvalue weighted by molar-refractivity contribution is -0.695. The fourth-order valence-electron chi connectivity index (χ4n) is 4.03. The van der Waals surface area contributed by atoms with E-state index in [4.69, 9.17) is 4.74 Å². The molecule has 7 nitrogen and oxygen atoms in total. The number of nitrogens with one attached hydrogen (secondary N) is 1. The van der Waals surface area contributed by atoms with E-state index in [9.17, 15) is 19.1 Å². The molecule has 4 rings (SSSR count). The molecule has 1 aromatic heterocycles. The van der Waals surface area contributed by atoms with E-state index >= 15 is 0 Å². The van der Waals surface area contributed by atoms with Gasteiger partial charge in [-0.15, -0.1) is 0 Å². The minimum absolute atomic E-state index is 0.135. The highest BCUT2D eigenvalue weighted by molar-refractivity contribution is 6.46. The number of ketones is 1. The minimum Gasteiger partial charge on any atom is -0.507 e. The van der Waals surface area contributed by atoms with E-state index in [0.717, 1.165) is 0 Å². The molecule has 0 radical (unpaired) electrons. The number of aryl methyl sites for hydroxylation is 1. The molecule has 0 saturated carbocycles. The Morgan fingerprint density at radius 3 is 2.65 bits per heavy atom. The van der Waals surface area contributed by atoms with Gasteiger partial charge in [-0.25, -0.2) is 8.96 Å². The van der Waals surface area contributed by atoms with E-state index in [1.807, 2.05) is 10.8 Å². The molecular formula is C26H25FN3O4+. The van der Waals surface area contributed by atoms with E-state index in [1.54, 1.807) is 48.9 Å². The van der Waals surface area contributed by atoms with Gasteiger partial charge < -0.3 is 14.7 Å². The summed E-state index contributed by atoms with van der Waals surface area (Å²) in [5.41, 5.74) is 0.348. The van der Waals surface area contributed by atoms with E-state index in [1.165, 1.54) is 23.1 Å². The fraction of sp³-hybridized carbons (Fsp3) is 0.192. The number of aliphatic hydroxyl groups excluding tert-OH is 1. The van der Waals surface area contributed by atoms with Gasteiger partial charge in [-0.05, 0) is 30.3 Å². The van der Waals surface area contributed by atoms with Gasteiger partial charge in [0.25, 0.3) is 11.7 Å². The number of hydrogen-bond donors (Lipinski definition) is 2. The Kier molecular flexibility index (Phi) is 6.87. The Labute approximate surface area is 196 Å². The number of imidazole rings is 1. The maximum Gasteiger partial charge on any atom is 0.295 e. The van der Waals surface area contributed by atoms with Crippen molar-refractivity contribution in [2.75, 3.05) is 13.2 Å². The number of amides is 1. The number of aromatic amines is 1. The second-order valence-electron chi connectivity index (χ2n) is 7.84. The van der Waals surface area contributed by atoms with Crippen LogP contribution in [0.1, 0.15) is 23.6 Å². The number of halogens is 1. The Morgan fingerprint density at radius 2 is 1.97 bits per heavy atom. The predicted octanol–water partition coefficient (Wildman–Crippen LogP) is 3.52. The molecule has 1 fully saturated rings. The first-order chi connectivity index (χ1) is 16.5. The van der Waals surface area contributed by atoms with Crippen LogP contribution in [0.4, 0.5) is 4.39 Å². The van der Waals surface area contributed by atoms with Crippen LogP contribution < -0.4 is 9.30 Å². The van der Waals surface area contributed by atoms with Crippen LogP contribution in [0.15, 0.2) is 85.5 Å². The lowest BCUT2D eigenvalue weighted by atomic mass is 9.95. The molecule has 1 aliphatic rings. The number of hydrogen-bond acceptors (Lipinski definition) is 4. The van der Waals surface area contributed by atoms with Crippen molar-refractivity contribution < 1.29 is 28.4 Å². The largest absolute Gasteiger partial charge is 0.507 e. The summed E-state index contributed by atoms with van der Waals surface area (Å²) in [6.07, 6.45) is 7.56. The van der Waals surface area contributed by atoms with Crippen LogP contribution in [0, 0.1) is 5.82 Å². The predicted molar refractivity (Wildman–Crippen MR) is 123 cm³/mol. The molecule has 1 aliphatic heterocycles. The summed E-state index contributed by atoms with van der Waals surface area (Å²) < 4.78 is 22.2. The van der Waals surface area contributed by atoms with Crippen LogP contribution in [0.25, 0.3) is 5.76 Å². The van der Waals surface area contributed by atoms with Gasteiger partial charge in [-0.3, -0.25) is 14.6 Å². The number of ether oxygens (including phenoxy) is 1. The van der Waals surface area contributed by atoms with Crippen molar-refractivity contribution in [3.8, 4) is 5.75 Å². The number of Topliss-reactive ketones (excluding diaryl/α,β-unsaturated/α-hetero) is 1. The van der Waals surface area contributed by atoms with Crippen molar-refractivity contribution in [3.63, 3.8) is 0 Å². The number of nitrogens with zero attached hydrogens (tertiary/aromatic N) is 2. The average Bonchev–Trinajstić information content (AvgIpc) is 3.45. The maximum absolute atomic E-state index is 14.8. The van der Waals surface area contributed by atoms with Crippen LogP contribution >= 0.6 is 0 Å². The lowest BCUT2D eigenvalue weighted by Crippen LogP contribution is -2.36. The van der Waals surface area contributed by atoms with Crippen LogP contribution in [-0.2, 0) is 16.1 Å². The first-order valence-corrected chi connectivity index (χ1v) is 10.9. The van der Waals surface area contributed by atoms with Gasteiger partial charge in [0.1, 0.15) is 36.3 Å². The van der Waals surface area contributed by atoms with E-state index in [2.05, 4.69) is 11.6 Å². The van der Waals surface area contributed by atoms with Crippen LogP contribution in [0.5, 0.6) is 5.75 Å². The molecule has 2 aromatic carbocycles. The van der Waals surface area contributed by atoms with Crippen LogP contribution in [-0.4, -0.2) is 39.8 Å². The molecule has 8 heteroatoms. The zero-order valence-corrected chi connectivity index (χ0v) is 18.5. The molecule has 1 atom stereocenters. The molecule has 0 aliphatic carbocycles. The number of carbonyl (C=O) groups excluding carboxylic acids is 2. The highest BCUT2D eigenvalue weighted by atomic mass is 19.1. The summed E-state index contributed by atoms with van der Waals surface area (Å²) in [5.74, 6) is -1.96. The third-order valence-corrected chi connectivity index (χ3v) is 5.65. The van der Waals surface area contributed by atoms with Crippen LogP contribution in [0.3, 0.4) is 0 Å². The molecule has 174 valence electrons. The molecular weight excluding hydrogens is 437 g/mol. The SMILES string of the molecule is C=CCOc1ccc(/C(O)=C2\C(=O)C(=O)N(CCC[n+]3cc[nH]c3)C2c2ccccc2F)cc1. The first-order valence-electron chi connectivity index (χ1n) is 10.9. The maximum atomic E-state index is 14.8. The summed E-state index contributed by atoms with van der Waals surface area (Å²) in [6.45, 7) is 4.74. The molecule has 1 amide bonds. The molecule has 34 heavy (non-hydrogen) atoms. The zero-order chi connectivity index (χ0) is 24.1. The molecule has 3 aromatic rings. The van der Waals surface area contributed by atoms with Gasteiger partial charge in [0.05, 0.1) is 18.2 Å². The topological polar surface area (TPSA) is 86.5 Å². The number of rotatable bonds is 9. The van der Waals surface area contributed by atoms with Gasteiger partial charge in [-0.2, -0.15) is 0 Å². The summed E-state index contributed by atoms with van der Waals surface area (Å²) >= 11 is 0. The van der Waals surface area contributed by atoms with Crippen molar-refractivity contribution in [2.45, 2.75) is 19.0 Å². The number of aliphatic hydroxyl groups is 1. The highest BCUT2D eigenvalue weighted by Gasteiger charge is 2.46. The third-order valence-electron chi connectivity index (χ3n) is 5.65. The van der Waals surface area contributed by atoms with Gasteiger partial charge in [0, 0.05) is 24.1 Å². The summed E-state index contributed by atoms with van der Waals surface area (Å²) in [7, 11) is 0. The molecule has 1 saturated heterocycles. The normalized spacial score (nSPS) is 17.2. The Morgan fingerprint density at radius 1 is 1.21 bits per heavy atom. The Hall–Kier alpha value is -4.20. The average molecular weight is 463 g/mol. The summed E-state index contributed by atoms with van der Waals surface area (Å²) in [6, 6.07) is 11.4. The second-order valence-corrected chi connectivity index (χ2v) is 7.84. The Balaban J connectivity index is 1.70. The highest BCUT2D eigenvalue weighted by Crippen LogP contribution is 2.40. The van der Waals surface area contributed by atoms with Crippen molar-refractivity contribution >= 4 is 17.4 Å².